The van der Waals surface area contributed by atoms with Crippen LogP contribution in [0.25, 0.3) is 0 Å². The van der Waals surface area contributed by atoms with Gasteiger partial charge in [0, 0.05) is 39.8 Å². The number of ether oxygens (including phenoxy) is 1. The summed E-state index contributed by atoms with van der Waals surface area (Å²) in [5, 5.41) is 3.28. The smallest absolute Gasteiger partial charge is 0.383 e. The number of alkyl halides is 3. The Morgan fingerprint density at radius 1 is 1.00 bits per heavy atom. The Labute approximate surface area is 119 Å². The molecule has 0 unspecified atom stereocenters. The molecule has 0 bridgehead atoms. The summed E-state index contributed by atoms with van der Waals surface area (Å²) in [6.45, 7) is 5.29. The van der Waals surface area contributed by atoms with Crippen molar-refractivity contribution >= 4 is 0 Å². The number of hydrogen-bond donors (Lipinski definition) is 1. The number of unbranched alkanes of at least 4 members (excludes halogenated alkanes) is 1. The molecular formula is C13H26F3N3O. The minimum Gasteiger partial charge on any atom is -0.383 e. The third kappa shape index (κ3) is 8.73. The SMILES string of the molecule is COCCNCCCCN1CCN(CC(F)(F)F)CC1. The number of piperazine rings is 1. The molecule has 0 radical (unpaired) electrons. The van der Waals surface area contributed by atoms with Crippen LogP contribution in [0.1, 0.15) is 12.8 Å². The van der Waals surface area contributed by atoms with E-state index in [4.69, 9.17) is 4.74 Å². The summed E-state index contributed by atoms with van der Waals surface area (Å²) in [7, 11) is 1.68. The second-order valence-corrected chi connectivity index (χ2v) is 5.18. The molecule has 4 nitrogen and oxygen atoms in total. The minimum absolute atomic E-state index is 0.519. The van der Waals surface area contributed by atoms with Crippen molar-refractivity contribution in [1.29, 1.82) is 0 Å². The first kappa shape index (κ1) is 17.7. The Morgan fingerprint density at radius 3 is 2.25 bits per heavy atom. The highest BCUT2D eigenvalue weighted by Gasteiger charge is 2.31. The third-order valence-corrected chi connectivity index (χ3v) is 3.43. The van der Waals surface area contributed by atoms with Gasteiger partial charge in [-0.05, 0) is 25.9 Å². The van der Waals surface area contributed by atoms with Gasteiger partial charge in [0.05, 0.1) is 13.2 Å². The van der Waals surface area contributed by atoms with Crippen LogP contribution in [0.2, 0.25) is 0 Å². The van der Waals surface area contributed by atoms with E-state index in [1.54, 1.807) is 7.11 Å². The van der Waals surface area contributed by atoms with Gasteiger partial charge in [-0.15, -0.1) is 0 Å². The molecule has 1 aliphatic rings. The summed E-state index contributed by atoms with van der Waals surface area (Å²) in [5.41, 5.74) is 0. The predicted octanol–water partition coefficient (Wildman–Crippen LogP) is 1.18. The normalized spacial score (nSPS) is 18.6. The minimum atomic E-state index is -4.07. The third-order valence-electron chi connectivity index (χ3n) is 3.43. The Morgan fingerprint density at radius 2 is 1.65 bits per heavy atom. The number of hydrogen-bond acceptors (Lipinski definition) is 4. The van der Waals surface area contributed by atoms with Crippen molar-refractivity contribution in [3.05, 3.63) is 0 Å². The van der Waals surface area contributed by atoms with Gasteiger partial charge in [0.25, 0.3) is 0 Å². The monoisotopic (exact) mass is 297 g/mol. The van der Waals surface area contributed by atoms with E-state index in [0.29, 0.717) is 13.1 Å². The van der Waals surface area contributed by atoms with Crippen molar-refractivity contribution in [1.82, 2.24) is 15.1 Å². The summed E-state index contributed by atoms with van der Waals surface area (Å²) >= 11 is 0. The molecule has 7 heteroatoms. The maximum absolute atomic E-state index is 12.2. The fraction of sp³-hybridized carbons (Fsp3) is 1.00. The maximum atomic E-state index is 12.2. The Hall–Kier alpha value is -0.370. The first-order chi connectivity index (χ1) is 9.51. The zero-order valence-corrected chi connectivity index (χ0v) is 12.2. The van der Waals surface area contributed by atoms with E-state index in [9.17, 15) is 13.2 Å². The Kier molecular flexibility index (Phi) is 8.44. The second kappa shape index (κ2) is 9.55. The van der Waals surface area contributed by atoms with E-state index in [2.05, 4.69) is 10.2 Å². The van der Waals surface area contributed by atoms with Gasteiger partial charge in [-0.3, -0.25) is 4.90 Å². The van der Waals surface area contributed by atoms with Crippen LogP contribution < -0.4 is 5.32 Å². The lowest BCUT2D eigenvalue weighted by atomic mass is 10.2. The fourth-order valence-corrected chi connectivity index (χ4v) is 2.31. The Balaban J connectivity index is 1.97. The lowest BCUT2D eigenvalue weighted by Crippen LogP contribution is -2.49. The average Bonchev–Trinajstić information content (AvgIpc) is 2.38. The first-order valence-electron chi connectivity index (χ1n) is 7.22. The molecule has 0 spiro atoms. The molecule has 1 fully saturated rings. The summed E-state index contributed by atoms with van der Waals surface area (Å²) in [4.78, 5) is 3.74. The van der Waals surface area contributed by atoms with Crippen molar-refractivity contribution < 1.29 is 17.9 Å². The van der Waals surface area contributed by atoms with Crippen LogP contribution in [-0.2, 0) is 4.74 Å². The lowest BCUT2D eigenvalue weighted by Gasteiger charge is -2.34. The maximum Gasteiger partial charge on any atom is 0.401 e. The molecule has 0 aromatic carbocycles. The van der Waals surface area contributed by atoms with Crippen LogP contribution in [0.5, 0.6) is 0 Å². The van der Waals surface area contributed by atoms with Gasteiger partial charge >= 0.3 is 6.18 Å². The van der Waals surface area contributed by atoms with Gasteiger partial charge < -0.3 is 15.0 Å². The van der Waals surface area contributed by atoms with Gasteiger partial charge in [-0.25, -0.2) is 0 Å². The molecule has 0 saturated carbocycles. The zero-order chi connectivity index (χ0) is 14.8. The van der Waals surface area contributed by atoms with Crippen molar-refractivity contribution in [3.8, 4) is 0 Å². The quantitative estimate of drug-likeness (QED) is 0.647. The molecule has 0 aromatic rings. The summed E-state index contributed by atoms with van der Waals surface area (Å²) < 4.78 is 41.7. The summed E-state index contributed by atoms with van der Waals surface area (Å²) in [6, 6.07) is 0. The number of nitrogens with zero attached hydrogens (tertiary/aromatic N) is 2. The Bertz CT molecular complexity index is 244. The summed E-state index contributed by atoms with van der Waals surface area (Å²) in [6.07, 6.45) is -1.90. The number of methoxy groups -OCH3 is 1. The van der Waals surface area contributed by atoms with Gasteiger partial charge in [0.2, 0.25) is 0 Å². The predicted molar refractivity (Wildman–Crippen MR) is 72.9 cm³/mol. The number of rotatable bonds is 9. The molecule has 0 amide bonds. The number of nitrogens with one attached hydrogen (secondary N) is 1. The molecule has 1 aliphatic heterocycles. The molecule has 1 rings (SSSR count). The van der Waals surface area contributed by atoms with E-state index in [1.807, 2.05) is 0 Å². The first-order valence-corrected chi connectivity index (χ1v) is 7.22. The van der Waals surface area contributed by atoms with E-state index in [0.717, 1.165) is 52.2 Å². The van der Waals surface area contributed by atoms with E-state index in [-0.39, 0.29) is 0 Å². The molecule has 0 aliphatic carbocycles. The molecule has 0 atom stereocenters. The van der Waals surface area contributed by atoms with Crippen molar-refractivity contribution in [2.75, 3.05) is 66.1 Å². The van der Waals surface area contributed by atoms with Crippen molar-refractivity contribution in [2.24, 2.45) is 0 Å². The van der Waals surface area contributed by atoms with Crippen LogP contribution in [0.4, 0.5) is 13.2 Å². The molecule has 1 saturated heterocycles. The zero-order valence-electron chi connectivity index (χ0n) is 12.2. The van der Waals surface area contributed by atoms with Crippen LogP contribution in [0.15, 0.2) is 0 Å². The van der Waals surface area contributed by atoms with Crippen molar-refractivity contribution in [3.63, 3.8) is 0 Å². The molecular weight excluding hydrogens is 271 g/mol. The molecule has 20 heavy (non-hydrogen) atoms. The largest absolute Gasteiger partial charge is 0.401 e. The number of halogens is 3. The van der Waals surface area contributed by atoms with E-state index >= 15 is 0 Å². The molecule has 120 valence electrons. The summed E-state index contributed by atoms with van der Waals surface area (Å²) in [5.74, 6) is 0. The highest BCUT2D eigenvalue weighted by molar-refractivity contribution is 4.73. The topological polar surface area (TPSA) is 27.7 Å². The average molecular weight is 297 g/mol. The van der Waals surface area contributed by atoms with Gasteiger partial charge in [0.15, 0.2) is 0 Å². The van der Waals surface area contributed by atoms with Crippen LogP contribution in [0, 0.1) is 0 Å². The van der Waals surface area contributed by atoms with Crippen LogP contribution in [0.3, 0.4) is 0 Å². The fourth-order valence-electron chi connectivity index (χ4n) is 2.31. The van der Waals surface area contributed by atoms with E-state index in [1.165, 1.54) is 4.90 Å². The lowest BCUT2D eigenvalue weighted by molar-refractivity contribution is -0.149. The van der Waals surface area contributed by atoms with Gasteiger partial charge in [-0.2, -0.15) is 13.2 Å². The van der Waals surface area contributed by atoms with Crippen LogP contribution in [-0.4, -0.2) is 82.1 Å². The standard InChI is InChI=1S/C13H26F3N3O/c1-20-11-5-17-4-2-3-6-18-7-9-19(10-8-18)12-13(14,15)16/h17H,2-12H2,1H3. The molecule has 1 N–H and O–H groups in total. The molecule has 1 heterocycles. The van der Waals surface area contributed by atoms with Gasteiger partial charge in [-0.1, -0.05) is 0 Å². The van der Waals surface area contributed by atoms with E-state index < -0.39 is 12.7 Å². The second-order valence-electron chi connectivity index (χ2n) is 5.18. The highest BCUT2D eigenvalue weighted by atomic mass is 19.4. The van der Waals surface area contributed by atoms with Gasteiger partial charge in [0.1, 0.15) is 0 Å². The van der Waals surface area contributed by atoms with Crippen molar-refractivity contribution in [2.45, 2.75) is 19.0 Å². The highest BCUT2D eigenvalue weighted by Crippen LogP contribution is 2.17. The molecule has 0 aromatic heterocycles. The van der Waals surface area contributed by atoms with Crippen LogP contribution >= 0.6 is 0 Å².